The summed E-state index contributed by atoms with van der Waals surface area (Å²) in [5.74, 6) is 0. The van der Waals surface area contributed by atoms with Gasteiger partial charge in [-0.15, -0.1) is 0 Å². The summed E-state index contributed by atoms with van der Waals surface area (Å²) in [5, 5.41) is 2.40. The highest BCUT2D eigenvalue weighted by Crippen LogP contribution is 2.80. The normalized spacial score (nSPS) is 18.8. The number of rotatable bonds is 2. The molecular formula is C20H34P+. The molecule has 1 heteroatoms. The summed E-state index contributed by atoms with van der Waals surface area (Å²) in [6.45, 7) is 15.0. The summed E-state index contributed by atoms with van der Waals surface area (Å²) in [5.41, 5.74) is 0.911. The van der Waals surface area contributed by atoms with Gasteiger partial charge in [0.1, 0.15) is 0 Å². The maximum atomic E-state index is 2.51. The first-order valence-electron chi connectivity index (χ1n) is 8.66. The van der Waals surface area contributed by atoms with Crippen molar-refractivity contribution >= 4 is 12.6 Å². The molecule has 0 unspecified atom stereocenters. The van der Waals surface area contributed by atoms with E-state index in [0.29, 0.717) is 10.3 Å². The van der Waals surface area contributed by atoms with Crippen LogP contribution in [0.3, 0.4) is 0 Å². The zero-order valence-electron chi connectivity index (χ0n) is 14.9. The lowest BCUT2D eigenvalue weighted by atomic mass is 10.0. The summed E-state index contributed by atoms with van der Waals surface area (Å²) in [6.07, 6.45) is 7.20. The van der Waals surface area contributed by atoms with E-state index in [1.807, 2.05) is 0 Å². The topological polar surface area (TPSA) is 0 Å². The molecule has 2 rings (SSSR count). The zero-order chi connectivity index (χ0) is 15.7. The molecule has 0 N–H and O–H groups in total. The third kappa shape index (κ3) is 2.94. The molecule has 0 atom stereocenters. The third-order valence-corrected chi connectivity index (χ3v) is 12.4. The van der Waals surface area contributed by atoms with Crippen molar-refractivity contribution in [2.24, 2.45) is 0 Å². The van der Waals surface area contributed by atoms with Crippen molar-refractivity contribution in [2.75, 3.05) is 0 Å². The molecule has 0 heterocycles. The Labute approximate surface area is 133 Å². The van der Waals surface area contributed by atoms with E-state index in [2.05, 4.69) is 71.9 Å². The summed E-state index contributed by atoms with van der Waals surface area (Å²) < 4.78 is 0. The van der Waals surface area contributed by atoms with Crippen LogP contribution < -0.4 is 5.30 Å². The van der Waals surface area contributed by atoms with Crippen molar-refractivity contribution in [3.8, 4) is 0 Å². The Bertz CT molecular complexity index is 427. The Morgan fingerprint density at radius 2 is 1.24 bits per heavy atom. The molecule has 0 aromatic heterocycles. The monoisotopic (exact) mass is 305 g/mol. The van der Waals surface area contributed by atoms with Crippen molar-refractivity contribution in [1.82, 2.24) is 0 Å². The molecule has 118 valence electrons. The van der Waals surface area contributed by atoms with Crippen LogP contribution in [-0.2, 0) is 0 Å². The van der Waals surface area contributed by atoms with E-state index in [1.165, 1.54) is 32.1 Å². The molecule has 0 saturated heterocycles. The van der Waals surface area contributed by atoms with Gasteiger partial charge in [-0.25, -0.2) is 0 Å². The van der Waals surface area contributed by atoms with Gasteiger partial charge in [-0.2, -0.15) is 0 Å². The Morgan fingerprint density at radius 1 is 0.762 bits per heavy atom. The Hall–Kier alpha value is -0.350. The molecule has 1 aromatic carbocycles. The van der Waals surface area contributed by atoms with Crippen molar-refractivity contribution in [3.05, 3.63) is 30.3 Å². The second-order valence-corrected chi connectivity index (χ2v) is 14.1. The van der Waals surface area contributed by atoms with Gasteiger partial charge in [0.2, 0.25) is 0 Å². The Kier molecular flexibility index (Phi) is 4.89. The van der Waals surface area contributed by atoms with E-state index >= 15 is 0 Å². The molecule has 21 heavy (non-hydrogen) atoms. The summed E-state index contributed by atoms with van der Waals surface area (Å²) in [6, 6.07) is 11.5. The first-order valence-corrected chi connectivity index (χ1v) is 10.5. The van der Waals surface area contributed by atoms with Gasteiger partial charge in [0.15, 0.2) is 0 Å². The van der Waals surface area contributed by atoms with Gasteiger partial charge in [0.05, 0.1) is 28.5 Å². The van der Waals surface area contributed by atoms with Gasteiger partial charge in [-0.1, -0.05) is 24.6 Å². The minimum atomic E-state index is -1.29. The van der Waals surface area contributed by atoms with Crippen LogP contribution in [0.4, 0.5) is 0 Å². The van der Waals surface area contributed by atoms with Crippen LogP contribution >= 0.6 is 7.26 Å². The van der Waals surface area contributed by atoms with Crippen LogP contribution in [0, 0.1) is 0 Å². The maximum absolute atomic E-state index is 2.51. The van der Waals surface area contributed by atoms with Gasteiger partial charge in [0, 0.05) is 0 Å². The number of hydrogen-bond acceptors (Lipinski definition) is 0. The Balaban J connectivity index is 2.66. The van der Waals surface area contributed by atoms with Crippen LogP contribution in [0.5, 0.6) is 0 Å². The average Bonchev–Trinajstić information content (AvgIpc) is 2.38. The molecule has 1 saturated carbocycles. The average molecular weight is 305 g/mol. The first-order chi connectivity index (χ1) is 9.71. The SMILES string of the molecule is CC(C)(C)[P+](c1ccccc1)(C1CCCCC1)C(C)(C)C. The van der Waals surface area contributed by atoms with E-state index in [-0.39, 0.29) is 0 Å². The summed E-state index contributed by atoms with van der Waals surface area (Å²) >= 11 is 0. The molecule has 0 nitrogen and oxygen atoms in total. The minimum absolute atomic E-state index is 0.370. The smallest absolute Gasteiger partial charge is 0.0620 e. The highest BCUT2D eigenvalue weighted by Gasteiger charge is 2.63. The molecular weight excluding hydrogens is 271 g/mol. The minimum Gasteiger partial charge on any atom is -0.0620 e. The Morgan fingerprint density at radius 3 is 1.67 bits per heavy atom. The van der Waals surface area contributed by atoms with E-state index in [4.69, 9.17) is 0 Å². The third-order valence-electron chi connectivity index (χ3n) is 5.40. The number of hydrogen-bond donors (Lipinski definition) is 0. The fourth-order valence-corrected chi connectivity index (χ4v) is 13.2. The van der Waals surface area contributed by atoms with Gasteiger partial charge in [-0.05, 0) is 79.4 Å². The van der Waals surface area contributed by atoms with Crippen LogP contribution in [0.2, 0.25) is 0 Å². The molecule has 1 aromatic rings. The van der Waals surface area contributed by atoms with Gasteiger partial charge in [0.25, 0.3) is 0 Å². The maximum Gasteiger partial charge on any atom is 0.0953 e. The van der Waals surface area contributed by atoms with Crippen LogP contribution in [-0.4, -0.2) is 16.0 Å². The summed E-state index contributed by atoms with van der Waals surface area (Å²) in [7, 11) is -1.29. The lowest BCUT2D eigenvalue weighted by molar-refractivity contribution is 0.493. The van der Waals surface area contributed by atoms with Crippen LogP contribution in [0.25, 0.3) is 0 Å². The molecule has 1 aliphatic carbocycles. The van der Waals surface area contributed by atoms with Crippen molar-refractivity contribution in [1.29, 1.82) is 0 Å². The van der Waals surface area contributed by atoms with Gasteiger partial charge < -0.3 is 0 Å². The zero-order valence-corrected chi connectivity index (χ0v) is 15.8. The quantitative estimate of drug-likeness (QED) is 0.566. The standard InChI is InChI=1S/C20H34P/c1-19(2,3)21(20(4,5)6,17-13-9-7-10-14-17)18-15-11-8-12-16-18/h7,9-10,13-14,18H,8,11-12,15-16H2,1-6H3/q+1. The highest BCUT2D eigenvalue weighted by molar-refractivity contribution is 7.86. The second kappa shape index (κ2) is 6.04. The molecule has 0 radical (unpaired) electrons. The van der Waals surface area contributed by atoms with Crippen LogP contribution in [0.1, 0.15) is 73.6 Å². The largest absolute Gasteiger partial charge is 0.0953 e. The molecule has 0 spiro atoms. The predicted octanol–water partition coefficient (Wildman–Crippen LogP) is 6.26. The summed E-state index contributed by atoms with van der Waals surface area (Å²) in [4.78, 5) is 0. The predicted molar refractivity (Wildman–Crippen MR) is 99.4 cm³/mol. The molecule has 1 fully saturated rings. The van der Waals surface area contributed by atoms with Gasteiger partial charge in [-0.3, -0.25) is 0 Å². The molecule has 1 aliphatic rings. The molecule has 0 amide bonds. The lowest BCUT2D eigenvalue weighted by Crippen LogP contribution is -2.46. The molecule has 0 bridgehead atoms. The lowest BCUT2D eigenvalue weighted by Gasteiger charge is -2.52. The number of benzene rings is 1. The van der Waals surface area contributed by atoms with E-state index < -0.39 is 7.26 Å². The van der Waals surface area contributed by atoms with Crippen molar-refractivity contribution in [3.63, 3.8) is 0 Å². The fourth-order valence-electron chi connectivity index (χ4n) is 5.22. The van der Waals surface area contributed by atoms with Gasteiger partial charge >= 0.3 is 0 Å². The fraction of sp³-hybridized carbons (Fsp3) is 0.700. The van der Waals surface area contributed by atoms with Crippen molar-refractivity contribution < 1.29 is 0 Å². The van der Waals surface area contributed by atoms with E-state index in [9.17, 15) is 0 Å². The van der Waals surface area contributed by atoms with Crippen LogP contribution in [0.15, 0.2) is 30.3 Å². The van der Waals surface area contributed by atoms with E-state index in [1.54, 1.807) is 5.30 Å². The first kappa shape index (κ1) is 17.0. The highest BCUT2D eigenvalue weighted by atomic mass is 31.2. The van der Waals surface area contributed by atoms with Crippen molar-refractivity contribution in [2.45, 2.75) is 89.6 Å². The van der Waals surface area contributed by atoms with E-state index in [0.717, 1.165) is 5.66 Å². The molecule has 0 aliphatic heterocycles. The second-order valence-electron chi connectivity index (χ2n) is 8.69.